The number of hydrogen-bond acceptors (Lipinski definition) is 6. The van der Waals surface area contributed by atoms with Gasteiger partial charge in [-0.2, -0.15) is 15.5 Å². The summed E-state index contributed by atoms with van der Waals surface area (Å²) in [6, 6.07) is 17.5. The van der Waals surface area contributed by atoms with Crippen molar-refractivity contribution in [3.8, 4) is 22.3 Å². The van der Waals surface area contributed by atoms with Crippen LogP contribution in [0.15, 0.2) is 53.9 Å². The summed E-state index contributed by atoms with van der Waals surface area (Å²) in [6.45, 7) is 0.511. The molecule has 31 heavy (non-hydrogen) atoms. The van der Waals surface area contributed by atoms with Crippen LogP contribution < -0.4 is 5.73 Å². The van der Waals surface area contributed by atoms with Gasteiger partial charge >= 0.3 is 0 Å². The zero-order valence-corrected chi connectivity index (χ0v) is 17.8. The van der Waals surface area contributed by atoms with Crippen molar-refractivity contribution in [2.45, 2.75) is 12.8 Å². The minimum Gasteiger partial charge on any atom is -0.381 e. The molecule has 0 bridgehead atoms. The first-order valence-electron chi connectivity index (χ1n) is 9.76. The lowest BCUT2D eigenvalue weighted by Gasteiger charge is -2.17. The van der Waals surface area contributed by atoms with Crippen molar-refractivity contribution in [2.75, 3.05) is 19.3 Å². The van der Waals surface area contributed by atoms with E-state index in [1.54, 1.807) is 28.0 Å². The lowest BCUT2D eigenvalue weighted by molar-refractivity contribution is 0.0784. The molecule has 3 aromatic heterocycles. The van der Waals surface area contributed by atoms with Gasteiger partial charge in [-0.1, -0.05) is 24.3 Å². The van der Waals surface area contributed by atoms with Crippen molar-refractivity contribution in [2.24, 2.45) is 0 Å². The lowest BCUT2D eigenvalue weighted by Crippen LogP contribution is -2.30. The quantitative estimate of drug-likeness (QED) is 0.465. The molecule has 0 unspecified atom stereocenters. The third kappa shape index (κ3) is 4.20. The molecule has 0 aliphatic heterocycles. The monoisotopic (exact) mass is 431 g/mol. The predicted octanol–water partition coefficient (Wildman–Crippen LogP) is 3.48. The second-order valence-electron chi connectivity index (χ2n) is 7.04. The number of carbonyl (C=O) groups excluding carboxylic acids is 1. The average molecular weight is 432 g/mol. The molecular formula is C22H21N7OS. The van der Waals surface area contributed by atoms with Gasteiger partial charge in [0.2, 0.25) is 0 Å². The number of hydrogen-bond donors (Lipinski definition) is 2. The van der Waals surface area contributed by atoms with Gasteiger partial charge in [-0.25, -0.2) is 4.68 Å². The summed E-state index contributed by atoms with van der Waals surface area (Å²) in [4.78, 5) is 15.9. The molecule has 0 radical (unpaired) electrons. The van der Waals surface area contributed by atoms with Crippen molar-refractivity contribution < 1.29 is 4.79 Å². The Morgan fingerprint density at radius 2 is 2.10 bits per heavy atom. The predicted molar refractivity (Wildman–Crippen MR) is 120 cm³/mol. The summed E-state index contributed by atoms with van der Waals surface area (Å²) in [5, 5.41) is 22.5. The number of aromatic amines is 1. The van der Waals surface area contributed by atoms with E-state index in [4.69, 9.17) is 10.8 Å². The minimum atomic E-state index is -0.121. The molecule has 0 atom stereocenters. The summed E-state index contributed by atoms with van der Waals surface area (Å²) in [5.41, 5.74) is 8.84. The number of nitrogens with two attached hydrogens (primary N) is 1. The van der Waals surface area contributed by atoms with Crippen LogP contribution in [0.5, 0.6) is 0 Å². The first-order valence-corrected chi connectivity index (χ1v) is 10.6. The van der Waals surface area contributed by atoms with Gasteiger partial charge in [0.15, 0.2) is 5.82 Å². The Balaban J connectivity index is 1.53. The molecular weight excluding hydrogens is 410 g/mol. The minimum absolute atomic E-state index is 0.121. The molecule has 0 spiro atoms. The van der Waals surface area contributed by atoms with Crippen LogP contribution in [0.1, 0.15) is 28.2 Å². The Kier molecular flexibility index (Phi) is 5.82. The van der Waals surface area contributed by atoms with Gasteiger partial charge in [-0.05, 0) is 42.5 Å². The second-order valence-corrected chi connectivity index (χ2v) is 7.99. The molecule has 0 saturated carbocycles. The number of nitrogens with zero attached hydrogens (tertiary/aromatic N) is 5. The average Bonchev–Trinajstić information content (AvgIpc) is 3.53. The highest BCUT2D eigenvalue weighted by Crippen LogP contribution is 2.26. The summed E-state index contributed by atoms with van der Waals surface area (Å²) in [5.74, 6) is 0.0820. The van der Waals surface area contributed by atoms with Crippen molar-refractivity contribution >= 4 is 23.1 Å². The van der Waals surface area contributed by atoms with Gasteiger partial charge in [0.1, 0.15) is 23.0 Å². The molecule has 156 valence electrons. The van der Waals surface area contributed by atoms with Crippen LogP contribution in [0.4, 0.5) is 5.82 Å². The Morgan fingerprint density at radius 3 is 2.81 bits per heavy atom. The fourth-order valence-electron chi connectivity index (χ4n) is 3.33. The molecule has 0 fully saturated rings. The van der Waals surface area contributed by atoms with Gasteiger partial charge in [-0.15, -0.1) is 11.3 Å². The molecule has 4 aromatic rings. The third-order valence-corrected chi connectivity index (χ3v) is 5.84. The first kappa shape index (κ1) is 20.4. The Bertz CT molecular complexity index is 1220. The number of para-hydroxylation sites is 1. The number of nitriles is 1. The number of amides is 1. The molecule has 9 heteroatoms. The fourth-order valence-corrected chi connectivity index (χ4v) is 4.02. The molecule has 0 saturated heterocycles. The molecule has 3 heterocycles. The van der Waals surface area contributed by atoms with Crippen molar-refractivity contribution in [3.63, 3.8) is 0 Å². The van der Waals surface area contributed by atoms with Gasteiger partial charge in [0, 0.05) is 13.6 Å². The van der Waals surface area contributed by atoms with E-state index in [2.05, 4.69) is 16.3 Å². The highest BCUT2D eigenvalue weighted by molar-refractivity contribution is 7.13. The zero-order valence-electron chi connectivity index (χ0n) is 16.9. The van der Waals surface area contributed by atoms with E-state index in [0.29, 0.717) is 36.3 Å². The number of aromatic nitrogens is 4. The topological polar surface area (TPSA) is 117 Å². The number of nitrogen functional groups attached to an aromatic ring is 1. The maximum absolute atomic E-state index is 13.3. The Hall–Kier alpha value is -3.90. The van der Waals surface area contributed by atoms with E-state index in [-0.39, 0.29) is 11.7 Å². The first-order chi connectivity index (χ1) is 15.1. The summed E-state index contributed by atoms with van der Waals surface area (Å²) >= 11 is 1.58. The van der Waals surface area contributed by atoms with Crippen molar-refractivity contribution in [3.05, 3.63) is 70.9 Å². The third-order valence-electron chi connectivity index (χ3n) is 4.95. The maximum atomic E-state index is 13.3. The number of aryl methyl sites for hydroxylation is 1. The molecule has 0 aliphatic carbocycles. The number of nitrogens with one attached hydrogen (secondary N) is 1. The Morgan fingerprint density at radius 1 is 1.29 bits per heavy atom. The number of thiophene rings is 1. The SMILES string of the molecule is CN(CCCc1[nH]nc(N)c1C#N)C(=O)c1cc(-c2cccs2)nn1-c1ccccc1. The smallest absolute Gasteiger partial charge is 0.272 e. The standard InChI is InChI=1S/C22H21N7OS/c1-28(11-5-9-17-16(14-23)21(24)26-25-17)22(30)19-13-18(20-10-6-12-31-20)27-29(19)15-7-3-2-4-8-15/h2-4,6-8,10,12-13H,5,9,11H2,1H3,(H3,24,25,26). The lowest BCUT2D eigenvalue weighted by atomic mass is 10.1. The van der Waals surface area contributed by atoms with Crippen LogP contribution in [-0.2, 0) is 6.42 Å². The van der Waals surface area contributed by atoms with Crippen LogP contribution in [0.2, 0.25) is 0 Å². The summed E-state index contributed by atoms with van der Waals surface area (Å²) < 4.78 is 1.69. The number of benzene rings is 1. The van der Waals surface area contributed by atoms with E-state index in [9.17, 15) is 10.1 Å². The van der Waals surface area contributed by atoms with Gasteiger partial charge in [-0.3, -0.25) is 9.89 Å². The molecule has 1 amide bonds. The van der Waals surface area contributed by atoms with Gasteiger partial charge in [0.25, 0.3) is 5.91 Å². The van der Waals surface area contributed by atoms with Crippen molar-refractivity contribution in [1.29, 1.82) is 5.26 Å². The van der Waals surface area contributed by atoms with Gasteiger partial charge in [0.05, 0.1) is 16.3 Å². The molecule has 8 nitrogen and oxygen atoms in total. The normalized spacial score (nSPS) is 10.7. The van der Waals surface area contributed by atoms with Crippen LogP contribution in [0.3, 0.4) is 0 Å². The van der Waals surface area contributed by atoms with E-state index < -0.39 is 0 Å². The summed E-state index contributed by atoms with van der Waals surface area (Å²) in [7, 11) is 1.77. The van der Waals surface area contributed by atoms with Crippen LogP contribution in [-0.4, -0.2) is 44.4 Å². The van der Waals surface area contributed by atoms with E-state index >= 15 is 0 Å². The summed E-state index contributed by atoms with van der Waals surface area (Å²) in [6.07, 6.45) is 1.24. The zero-order chi connectivity index (χ0) is 21.8. The van der Waals surface area contributed by atoms with Crippen molar-refractivity contribution in [1.82, 2.24) is 24.9 Å². The van der Waals surface area contributed by atoms with Crippen LogP contribution in [0.25, 0.3) is 16.3 Å². The number of anilines is 1. The van der Waals surface area contributed by atoms with Crippen LogP contribution in [0, 0.1) is 11.3 Å². The maximum Gasteiger partial charge on any atom is 0.272 e. The second kappa shape index (κ2) is 8.85. The molecule has 1 aromatic carbocycles. The fraction of sp³-hybridized carbons (Fsp3) is 0.182. The Labute approximate surface area is 183 Å². The number of rotatable bonds is 7. The molecule has 4 rings (SSSR count). The highest BCUT2D eigenvalue weighted by atomic mass is 32.1. The largest absolute Gasteiger partial charge is 0.381 e. The number of carbonyl (C=O) groups is 1. The highest BCUT2D eigenvalue weighted by Gasteiger charge is 2.21. The van der Waals surface area contributed by atoms with Crippen LogP contribution >= 0.6 is 11.3 Å². The van der Waals surface area contributed by atoms with Gasteiger partial charge < -0.3 is 10.6 Å². The van der Waals surface area contributed by atoms with E-state index in [1.165, 1.54) is 0 Å². The molecule has 3 N–H and O–H groups in total. The van der Waals surface area contributed by atoms with E-state index in [1.807, 2.05) is 53.9 Å². The molecule has 0 aliphatic rings. The van der Waals surface area contributed by atoms with E-state index in [0.717, 1.165) is 16.3 Å². The number of H-pyrrole nitrogens is 1.